The van der Waals surface area contributed by atoms with Gasteiger partial charge >= 0.3 is 5.69 Å². The molecule has 0 unspecified atom stereocenters. The first-order valence-corrected chi connectivity index (χ1v) is 8.13. The molecule has 0 radical (unpaired) electrons. The van der Waals surface area contributed by atoms with Gasteiger partial charge in [-0.2, -0.15) is 9.78 Å². The number of hydrogen-bond donors (Lipinski definition) is 0. The lowest BCUT2D eigenvalue weighted by Crippen LogP contribution is -2.46. The van der Waals surface area contributed by atoms with Gasteiger partial charge in [-0.05, 0) is 32.4 Å². The van der Waals surface area contributed by atoms with Crippen LogP contribution in [-0.4, -0.2) is 38.2 Å². The molecule has 0 bridgehead atoms. The lowest BCUT2D eigenvalue weighted by molar-refractivity contribution is 0.0761. The fourth-order valence-electron chi connectivity index (χ4n) is 2.47. The number of para-hydroxylation sites is 1. The molecule has 128 valence electrons. The Hall–Kier alpha value is -2.70. The van der Waals surface area contributed by atoms with E-state index < -0.39 is 17.2 Å². The highest BCUT2D eigenvalue weighted by Crippen LogP contribution is 2.03. The number of hydrogen-bond acceptors (Lipinski definition) is 4. The first-order valence-electron chi connectivity index (χ1n) is 8.13. The second-order valence-corrected chi connectivity index (χ2v) is 5.31. The third kappa shape index (κ3) is 3.29. The summed E-state index contributed by atoms with van der Waals surface area (Å²) < 4.78 is 2.20. The molecule has 1 aromatic heterocycles. The molecule has 1 aromatic carbocycles. The predicted molar refractivity (Wildman–Crippen MR) is 91.6 cm³/mol. The number of nitrogens with zero attached hydrogens (tertiary/aromatic N) is 4. The van der Waals surface area contributed by atoms with Crippen molar-refractivity contribution in [3.05, 3.63) is 56.9 Å². The summed E-state index contributed by atoms with van der Waals surface area (Å²) in [5.74, 6) is -0.459. The van der Waals surface area contributed by atoms with Crippen molar-refractivity contribution in [3.8, 4) is 5.69 Å². The zero-order valence-corrected chi connectivity index (χ0v) is 14.2. The number of amides is 1. The molecule has 1 heterocycles. The van der Waals surface area contributed by atoms with Crippen LogP contribution in [0.5, 0.6) is 0 Å². The highest BCUT2D eigenvalue weighted by Gasteiger charge is 2.23. The molecular weight excluding hydrogens is 308 g/mol. The van der Waals surface area contributed by atoms with Crippen molar-refractivity contribution in [2.75, 3.05) is 13.1 Å². The molecule has 2 aromatic rings. The Bertz CT molecular complexity index is 820. The van der Waals surface area contributed by atoms with Crippen LogP contribution in [0.1, 0.15) is 37.7 Å². The highest BCUT2D eigenvalue weighted by molar-refractivity contribution is 5.91. The van der Waals surface area contributed by atoms with Crippen LogP contribution in [0, 0.1) is 0 Å². The fraction of sp³-hybridized carbons (Fsp3) is 0.412. The third-order valence-electron chi connectivity index (χ3n) is 3.76. The Morgan fingerprint density at radius 2 is 1.71 bits per heavy atom. The van der Waals surface area contributed by atoms with E-state index in [9.17, 15) is 14.4 Å². The molecule has 0 aliphatic carbocycles. The van der Waals surface area contributed by atoms with E-state index in [0.29, 0.717) is 25.2 Å². The smallest absolute Gasteiger partial charge is 0.338 e. The Kier molecular flexibility index (Phi) is 5.68. The highest BCUT2D eigenvalue weighted by atomic mass is 16.2. The standard InChI is InChI=1S/C17H22N4O3/c1-4-12-20-16(23)14(15(22)19(5-2)6-3)18-21(17(20)24)13-10-8-7-9-11-13/h7-11H,4-6,12H2,1-3H3. The van der Waals surface area contributed by atoms with Crippen LogP contribution in [0.2, 0.25) is 0 Å². The molecule has 2 rings (SSSR count). The second kappa shape index (κ2) is 7.72. The lowest BCUT2D eigenvalue weighted by atomic mass is 10.3. The van der Waals surface area contributed by atoms with Crippen LogP contribution in [0.25, 0.3) is 5.69 Å². The molecule has 7 nitrogen and oxygen atoms in total. The Labute approximate surface area is 140 Å². The van der Waals surface area contributed by atoms with Gasteiger partial charge in [0.05, 0.1) is 5.69 Å². The molecule has 0 spiro atoms. The summed E-state index contributed by atoms with van der Waals surface area (Å²) in [6.45, 7) is 6.71. The zero-order valence-electron chi connectivity index (χ0n) is 14.2. The van der Waals surface area contributed by atoms with Crippen LogP contribution >= 0.6 is 0 Å². The van der Waals surface area contributed by atoms with Gasteiger partial charge in [-0.15, -0.1) is 0 Å². The van der Waals surface area contributed by atoms with Crippen LogP contribution in [-0.2, 0) is 6.54 Å². The molecule has 0 saturated heterocycles. The van der Waals surface area contributed by atoms with E-state index in [2.05, 4.69) is 5.10 Å². The fourth-order valence-corrected chi connectivity index (χ4v) is 2.47. The molecule has 0 N–H and O–H groups in total. The predicted octanol–water partition coefficient (Wildman–Crippen LogP) is 1.29. The van der Waals surface area contributed by atoms with Crippen molar-refractivity contribution in [2.45, 2.75) is 33.7 Å². The Balaban J connectivity index is 2.72. The average Bonchev–Trinajstić information content (AvgIpc) is 2.60. The van der Waals surface area contributed by atoms with E-state index in [1.165, 1.54) is 4.90 Å². The van der Waals surface area contributed by atoms with Crippen LogP contribution < -0.4 is 11.2 Å². The van der Waals surface area contributed by atoms with Crippen molar-refractivity contribution in [1.82, 2.24) is 19.2 Å². The normalized spacial score (nSPS) is 10.6. The van der Waals surface area contributed by atoms with E-state index in [-0.39, 0.29) is 12.2 Å². The maximum Gasteiger partial charge on any atom is 0.352 e. The van der Waals surface area contributed by atoms with E-state index in [4.69, 9.17) is 0 Å². The molecule has 0 fully saturated rings. The van der Waals surface area contributed by atoms with E-state index in [1.807, 2.05) is 26.8 Å². The van der Waals surface area contributed by atoms with Gasteiger partial charge in [-0.25, -0.2) is 4.79 Å². The van der Waals surface area contributed by atoms with Gasteiger partial charge in [-0.3, -0.25) is 14.2 Å². The quantitative estimate of drug-likeness (QED) is 0.799. The number of aromatic nitrogens is 3. The molecule has 0 saturated carbocycles. The second-order valence-electron chi connectivity index (χ2n) is 5.31. The topological polar surface area (TPSA) is 77.2 Å². The molecular formula is C17H22N4O3. The third-order valence-corrected chi connectivity index (χ3v) is 3.76. The van der Waals surface area contributed by atoms with Crippen LogP contribution in [0.3, 0.4) is 0 Å². The van der Waals surface area contributed by atoms with E-state index in [1.54, 1.807) is 24.3 Å². The van der Waals surface area contributed by atoms with Gasteiger partial charge in [0.1, 0.15) is 0 Å². The first kappa shape index (κ1) is 17.7. The monoisotopic (exact) mass is 330 g/mol. The van der Waals surface area contributed by atoms with Crippen LogP contribution in [0.15, 0.2) is 39.9 Å². The van der Waals surface area contributed by atoms with Gasteiger partial charge < -0.3 is 4.90 Å². The summed E-state index contributed by atoms with van der Waals surface area (Å²) in [6.07, 6.45) is 0.604. The van der Waals surface area contributed by atoms with Crippen molar-refractivity contribution < 1.29 is 4.79 Å². The van der Waals surface area contributed by atoms with Gasteiger partial charge in [0.15, 0.2) is 0 Å². The number of benzene rings is 1. The van der Waals surface area contributed by atoms with Crippen molar-refractivity contribution in [1.29, 1.82) is 0 Å². The molecule has 0 aliphatic rings. The number of carbonyl (C=O) groups is 1. The maximum atomic E-state index is 12.6. The van der Waals surface area contributed by atoms with Crippen molar-refractivity contribution >= 4 is 5.91 Å². The maximum absolute atomic E-state index is 12.6. The van der Waals surface area contributed by atoms with Crippen LogP contribution in [0.4, 0.5) is 0 Å². The SMILES string of the molecule is CCCn1c(=O)c(C(=O)N(CC)CC)nn(-c2ccccc2)c1=O. The summed E-state index contributed by atoms with van der Waals surface area (Å²) in [6, 6.07) is 8.77. The number of carbonyl (C=O) groups excluding carboxylic acids is 1. The zero-order chi connectivity index (χ0) is 17.7. The van der Waals surface area contributed by atoms with Gasteiger partial charge in [0.25, 0.3) is 11.5 Å². The van der Waals surface area contributed by atoms with Gasteiger partial charge in [-0.1, -0.05) is 25.1 Å². The minimum atomic E-state index is -0.633. The number of rotatable bonds is 6. The molecule has 0 aliphatic heterocycles. The van der Waals surface area contributed by atoms with Crippen molar-refractivity contribution in [3.63, 3.8) is 0 Å². The molecule has 7 heteroatoms. The summed E-state index contributed by atoms with van der Waals surface area (Å²) in [7, 11) is 0. The lowest BCUT2D eigenvalue weighted by Gasteiger charge is -2.18. The van der Waals surface area contributed by atoms with Gasteiger partial charge in [0.2, 0.25) is 5.69 Å². The molecule has 24 heavy (non-hydrogen) atoms. The Morgan fingerprint density at radius 3 is 2.25 bits per heavy atom. The summed E-state index contributed by atoms with van der Waals surface area (Å²) >= 11 is 0. The average molecular weight is 330 g/mol. The summed E-state index contributed by atoms with van der Waals surface area (Å²) in [5, 5.41) is 4.08. The minimum absolute atomic E-state index is 0.226. The van der Waals surface area contributed by atoms with Gasteiger partial charge in [0, 0.05) is 19.6 Å². The molecule has 1 amide bonds. The van der Waals surface area contributed by atoms with E-state index >= 15 is 0 Å². The first-order chi connectivity index (χ1) is 11.5. The molecule has 0 atom stereocenters. The van der Waals surface area contributed by atoms with Crippen molar-refractivity contribution in [2.24, 2.45) is 0 Å². The Morgan fingerprint density at radius 1 is 1.08 bits per heavy atom. The minimum Gasteiger partial charge on any atom is -0.338 e. The largest absolute Gasteiger partial charge is 0.352 e. The summed E-state index contributed by atoms with van der Waals surface area (Å²) in [5.41, 5.74) is -0.883. The van der Waals surface area contributed by atoms with E-state index in [0.717, 1.165) is 9.25 Å². The summed E-state index contributed by atoms with van der Waals surface area (Å²) in [4.78, 5) is 39.3.